The van der Waals surface area contributed by atoms with Crippen molar-refractivity contribution in [3.05, 3.63) is 64.0 Å². The highest BCUT2D eigenvalue weighted by Crippen LogP contribution is 2.35. The number of rotatable bonds is 6. The molecular weight excluding hydrogens is 436 g/mol. The predicted octanol–water partition coefficient (Wildman–Crippen LogP) is 5.02. The Labute approximate surface area is 188 Å². The fourth-order valence-corrected chi connectivity index (χ4v) is 5.05. The van der Waals surface area contributed by atoms with Crippen LogP contribution in [0, 0.1) is 0 Å². The van der Waals surface area contributed by atoms with Crippen LogP contribution in [-0.2, 0) is 9.53 Å². The standard InChI is InChI=1S/C23H21ClN2O4S/c24-20-16-10-4-6-12-18(16)31-21(20)23(29)30-13-19(27)26-17-11-5-3-9-15(17)22(28)25-14-7-1-2-8-14/h3-6,9-12,14H,1-2,7-8,13H2,(H,25,28)(H,26,27). The zero-order chi connectivity index (χ0) is 21.8. The Kier molecular flexibility index (Phi) is 6.53. The van der Waals surface area contributed by atoms with Gasteiger partial charge in [-0.2, -0.15) is 0 Å². The second kappa shape index (κ2) is 9.49. The molecule has 8 heteroatoms. The zero-order valence-corrected chi connectivity index (χ0v) is 18.2. The molecule has 1 fully saturated rings. The number of halogens is 1. The lowest BCUT2D eigenvalue weighted by Gasteiger charge is -2.15. The number of carbonyl (C=O) groups is 3. The topological polar surface area (TPSA) is 84.5 Å². The summed E-state index contributed by atoms with van der Waals surface area (Å²) in [5.74, 6) is -1.42. The summed E-state index contributed by atoms with van der Waals surface area (Å²) in [6.07, 6.45) is 4.16. The normalized spacial score (nSPS) is 13.8. The van der Waals surface area contributed by atoms with E-state index in [1.54, 1.807) is 24.3 Å². The molecule has 0 aliphatic heterocycles. The summed E-state index contributed by atoms with van der Waals surface area (Å²) in [5.41, 5.74) is 0.751. The van der Waals surface area contributed by atoms with Crippen molar-refractivity contribution in [2.45, 2.75) is 31.7 Å². The first-order valence-corrected chi connectivity index (χ1v) is 11.3. The van der Waals surface area contributed by atoms with Crippen LogP contribution in [-0.4, -0.2) is 30.4 Å². The second-order valence-corrected chi connectivity index (χ2v) is 8.80. The van der Waals surface area contributed by atoms with Crippen molar-refractivity contribution < 1.29 is 19.1 Å². The van der Waals surface area contributed by atoms with Gasteiger partial charge in [-0.15, -0.1) is 11.3 Å². The van der Waals surface area contributed by atoms with E-state index in [1.165, 1.54) is 11.3 Å². The summed E-state index contributed by atoms with van der Waals surface area (Å²) in [4.78, 5) is 37.7. The van der Waals surface area contributed by atoms with Gasteiger partial charge in [-0.25, -0.2) is 4.79 Å². The number of amides is 2. The lowest BCUT2D eigenvalue weighted by Crippen LogP contribution is -2.33. The van der Waals surface area contributed by atoms with Gasteiger partial charge < -0.3 is 15.4 Å². The molecule has 0 atom stereocenters. The molecule has 3 aromatic rings. The maximum atomic E-state index is 12.6. The van der Waals surface area contributed by atoms with Gasteiger partial charge >= 0.3 is 5.97 Å². The fourth-order valence-electron chi connectivity index (χ4n) is 3.65. The lowest BCUT2D eigenvalue weighted by atomic mass is 10.1. The molecule has 160 valence electrons. The number of anilines is 1. The van der Waals surface area contributed by atoms with Crippen LogP contribution in [0.2, 0.25) is 5.02 Å². The quantitative estimate of drug-likeness (QED) is 0.510. The van der Waals surface area contributed by atoms with E-state index in [1.807, 2.05) is 24.3 Å². The minimum Gasteiger partial charge on any atom is -0.451 e. The number of para-hydroxylation sites is 1. The zero-order valence-electron chi connectivity index (χ0n) is 16.7. The Balaban J connectivity index is 1.38. The van der Waals surface area contributed by atoms with Crippen molar-refractivity contribution in [2.24, 2.45) is 0 Å². The third-order valence-electron chi connectivity index (χ3n) is 5.19. The number of nitrogens with one attached hydrogen (secondary N) is 2. The van der Waals surface area contributed by atoms with Gasteiger partial charge in [0.1, 0.15) is 4.88 Å². The number of hydrogen-bond acceptors (Lipinski definition) is 5. The monoisotopic (exact) mass is 456 g/mol. The fraction of sp³-hybridized carbons (Fsp3) is 0.261. The van der Waals surface area contributed by atoms with Crippen LogP contribution in [0.4, 0.5) is 5.69 Å². The maximum Gasteiger partial charge on any atom is 0.350 e. The number of ether oxygens (including phenoxy) is 1. The van der Waals surface area contributed by atoms with Crippen molar-refractivity contribution >= 4 is 56.5 Å². The molecule has 0 radical (unpaired) electrons. The van der Waals surface area contributed by atoms with Gasteiger partial charge in [0, 0.05) is 16.1 Å². The first-order valence-electron chi connectivity index (χ1n) is 10.1. The molecule has 1 saturated carbocycles. The molecule has 4 rings (SSSR count). The van der Waals surface area contributed by atoms with E-state index in [0.29, 0.717) is 16.3 Å². The van der Waals surface area contributed by atoms with Crippen molar-refractivity contribution in [1.29, 1.82) is 0 Å². The number of benzene rings is 2. The predicted molar refractivity (Wildman–Crippen MR) is 122 cm³/mol. The highest BCUT2D eigenvalue weighted by Gasteiger charge is 2.22. The highest BCUT2D eigenvalue weighted by atomic mass is 35.5. The summed E-state index contributed by atoms with van der Waals surface area (Å²) in [5, 5.41) is 6.76. The minimum absolute atomic E-state index is 0.170. The van der Waals surface area contributed by atoms with Crippen molar-refractivity contribution in [3.63, 3.8) is 0 Å². The average Bonchev–Trinajstić information content (AvgIpc) is 3.40. The number of fused-ring (bicyclic) bond motifs is 1. The smallest absolute Gasteiger partial charge is 0.350 e. The molecular formula is C23H21ClN2O4S. The summed E-state index contributed by atoms with van der Waals surface area (Å²) < 4.78 is 6.02. The van der Waals surface area contributed by atoms with Crippen LogP contribution >= 0.6 is 22.9 Å². The molecule has 31 heavy (non-hydrogen) atoms. The molecule has 6 nitrogen and oxygen atoms in total. The molecule has 1 aliphatic rings. The van der Waals surface area contributed by atoms with Gasteiger partial charge in [0.25, 0.3) is 11.8 Å². The van der Waals surface area contributed by atoms with E-state index in [4.69, 9.17) is 16.3 Å². The molecule has 2 amide bonds. The Hall–Kier alpha value is -2.90. The van der Waals surface area contributed by atoms with Crippen molar-refractivity contribution in [1.82, 2.24) is 5.32 Å². The van der Waals surface area contributed by atoms with E-state index in [2.05, 4.69) is 10.6 Å². The first-order chi connectivity index (χ1) is 15.0. The Bertz CT molecular complexity index is 1140. The van der Waals surface area contributed by atoms with Crippen molar-refractivity contribution in [3.8, 4) is 0 Å². The third kappa shape index (κ3) is 4.89. The van der Waals surface area contributed by atoms with Crippen LogP contribution in [0.25, 0.3) is 10.1 Å². The molecule has 1 aliphatic carbocycles. The summed E-state index contributed by atoms with van der Waals surface area (Å²) in [6.45, 7) is -0.484. The van der Waals surface area contributed by atoms with Gasteiger partial charge in [-0.05, 0) is 31.0 Å². The van der Waals surface area contributed by atoms with Crippen LogP contribution in [0.15, 0.2) is 48.5 Å². The largest absolute Gasteiger partial charge is 0.451 e. The van der Waals surface area contributed by atoms with Crippen LogP contribution < -0.4 is 10.6 Å². The molecule has 0 unspecified atom stereocenters. The minimum atomic E-state index is -0.659. The van der Waals surface area contributed by atoms with Crippen LogP contribution in [0.3, 0.4) is 0 Å². The molecule has 1 aromatic heterocycles. The first kappa shape index (κ1) is 21.3. The molecule has 0 bridgehead atoms. The van der Waals surface area contributed by atoms with Crippen LogP contribution in [0.5, 0.6) is 0 Å². The SMILES string of the molecule is O=C(COC(=O)c1sc2ccccc2c1Cl)Nc1ccccc1C(=O)NC1CCCC1. The van der Waals surface area contributed by atoms with Gasteiger partial charge in [0.2, 0.25) is 0 Å². The molecule has 2 N–H and O–H groups in total. The Morgan fingerprint density at radius 2 is 1.74 bits per heavy atom. The van der Waals surface area contributed by atoms with E-state index >= 15 is 0 Å². The lowest BCUT2D eigenvalue weighted by molar-refractivity contribution is -0.119. The van der Waals surface area contributed by atoms with Crippen molar-refractivity contribution in [2.75, 3.05) is 11.9 Å². The summed E-state index contributed by atoms with van der Waals surface area (Å²) in [7, 11) is 0. The third-order valence-corrected chi connectivity index (χ3v) is 6.85. The van der Waals surface area contributed by atoms with Crippen LogP contribution in [0.1, 0.15) is 45.7 Å². The van der Waals surface area contributed by atoms with Gasteiger partial charge in [-0.1, -0.05) is 54.8 Å². The van der Waals surface area contributed by atoms with E-state index in [-0.39, 0.29) is 16.8 Å². The number of carbonyl (C=O) groups excluding carboxylic acids is 3. The Morgan fingerprint density at radius 1 is 1.03 bits per heavy atom. The van der Waals surface area contributed by atoms with E-state index in [9.17, 15) is 14.4 Å². The maximum absolute atomic E-state index is 12.6. The number of hydrogen-bond donors (Lipinski definition) is 2. The van der Waals surface area contributed by atoms with Gasteiger partial charge in [0.15, 0.2) is 6.61 Å². The number of esters is 1. The molecule has 0 spiro atoms. The van der Waals surface area contributed by atoms with Gasteiger partial charge in [-0.3, -0.25) is 9.59 Å². The molecule has 1 heterocycles. The average molecular weight is 457 g/mol. The Morgan fingerprint density at radius 3 is 2.52 bits per heavy atom. The highest BCUT2D eigenvalue weighted by molar-refractivity contribution is 7.21. The second-order valence-electron chi connectivity index (χ2n) is 7.37. The summed E-state index contributed by atoms with van der Waals surface area (Å²) >= 11 is 7.50. The molecule has 2 aromatic carbocycles. The number of thiophene rings is 1. The van der Waals surface area contributed by atoms with E-state index in [0.717, 1.165) is 35.8 Å². The summed E-state index contributed by atoms with van der Waals surface area (Å²) in [6, 6.07) is 14.3. The van der Waals surface area contributed by atoms with E-state index < -0.39 is 18.5 Å². The molecule has 0 saturated heterocycles. The van der Waals surface area contributed by atoms with Gasteiger partial charge in [0.05, 0.1) is 16.3 Å².